The van der Waals surface area contributed by atoms with Gasteiger partial charge in [-0.1, -0.05) is 6.92 Å². The van der Waals surface area contributed by atoms with Crippen molar-refractivity contribution in [3.63, 3.8) is 0 Å². The number of hydrogen-bond donors (Lipinski definition) is 1. The van der Waals surface area contributed by atoms with Crippen molar-refractivity contribution < 1.29 is 4.74 Å². The molecular weight excluding hydrogens is 228 g/mol. The highest BCUT2D eigenvalue weighted by molar-refractivity contribution is 5.42. The van der Waals surface area contributed by atoms with Crippen molar-refractivity contribution in [2.24, 2.45) is 5.41 Å². The van der Waals surface area contributed by atoms with Crippen molar-refractivity contribution in [2.75, 3.05) is 38.2 Å². The minimum Gasteiger partial charge on any atom is -0.478 e. The van der Waals surface area contributed by atoms with E-state index in [1.54, 1.807) is 6.33 Å². The molecule has 0 aromatic carbocycles. The highest BCUT2D eigenvalue weighted by atomic mass is 16.5. The Labute approximate surface area is 109 Å². The van der Waals surface area contributed by atoms with Crippen molar-refractivity contribution in [1.29, 1.82) is 0 Å². The predicted molar refractivity (Wildman–Crippen MR) is 72.1 cm³/mol. The molecule has 0 saturated carbocycles. The number of hydrogen-bond acceptors (Lipinski definition) is 5. The van der Waals surface area contributed by atoms with Crippen LogP contribution in [0.3, 0.4) is 0 Å². The Morgan fingerprint density at radius 2 is 2.33 bits per heavy atom. The summed E-state index contributed by atoms with van der Waals surface area (Å²) in [5.41, 5.74) is 0.325. The lowest BCUT2D eigenvalue weighted by molar-refractivity contribution is 0.326. The molecule has 0 amide bonds. The summed E-state index contributed by atoms with van der Waals surface area (Å²) in [5.74, 6) is 1.62. The summed E-state index contributed by atoms with van der Waals surface area (Å²) < 4.78 is 5.42. The number of anilines is 1. The van der Waals surface area contributed by atoms with Crippen LogP contribution in [0.2, 0.25) is 0 Å². The molecule has 1 saturated heterocycles. The summed E-state index contributed by atoms with van der Waals surface area (Å²) >= 11 is 0. The van der Waals surface area contributed by atoms with Crippen molar-refractivity contribution >= 4 is 5.82 Å². The second-order valence-electron chi connectivity index (χ2n) is 5.16. The molecule has 1 aliphatic rings. The highest BCUT2D eigenvalue weighted by Crippen LogP contribution is 2.32. The first-order valence-electron chi connectivity index (χ1n) is 6.51. The molecule has 1 aromatic heterocycles. The Balaban J connectivity index is 2.06. The van der Waals surface area contributed by atoms with E-state index in [2.05, 4.69) is 27.1 Å². The molecular formula is C13H22N4O. The topological polar surface area (TPSA) is 50.3 Å². The minimum atomic E-state index is 0.325. The van der Waals surface area contributed by atoms with Gasteiger partial charge in [0.1, 0.15) is 12.1 Å². The maximum absolute atomic E-state index is 5.42. The number of nitrogens with zero attached hydrogens (tertiary/aromatic N) is 3. The van der Waals surface area contributed by atoms with Gasteiger partial charge in [-0.2, -0.15) is 0 Å². The Hall–Kier alpha value is -1.36. The van der Waals surface area contributed by atoms with Crippen LogP contribution in [0.4, 0.5) is 5.82 Å². The lowest BCUT2D eigenvalue weighted by atomic mass is 9.90. The van der Waals surface area contributed by atoms with Crippen LogP contribution in [0.5, 0.6) is 5.88 Å². The zero-order chi connectivity index (χ0) is 13.0. The fourth-order valence-electron chi connectivity index (χ4n) is 2.52. The van der Waals surface area contributed by atoms with E-state index in [9.17, 15) is 0 Å². The van der Waals surface area contributed by atoms with E-state index in [1.807, 2.05) is 20.0 Å². The molecule has 5 heteroatoms. The van der Waals surface area contributed by atoms with Gasteiger partial charge in [-0.15, -0.1) is 0 Å². The van der Waals surface area contributed by atoms with Gasteiger partial charge in [0.15, 0.2) is 0 Å². The average Bonchev–Trinajstić information content (AvgIpc) is 2.73. The van der Waals surface area contributed by atoms with Crippen LogP contribution in [-0.4, -0.2) is 43.3 Å². The Morgan fingerprint density at radius 3 is 3.06 bits per heavy atom. The molecule has 1 fully saturated rings. The third kappa shape index (κ3) is 2.90. The smallest absolute Gasteiger partial charge is 0.218 e. The molecule has 2 heterocycles. The Morgan fingerprint density at radius 1 is 1.50 bits per heavy atom. The highest BCUT2D eigenvalue weighted by Gasteiger charge is 2.33. The van der Waals surface area contributed by atoms with Crippen LogP contribution in [-0.2, 0) is 0 Å². The minimum absolute atomic E-state index is 0.325. The van der Waals surface area contributed by atoms with Crippen molar-refractivity contribution in [3.8, 4) is 5.88 Å². The van der Waals surface area contributed by atoms with E-state index in [4.69, 9.17) is 4.74 Å². The van der Waals surface area contributed by atoms with E-state index in [0.717, 1.165) is 25.5 Å². The molecule has 100 valence electrons. The maximum Gasteiger partial charge on any atom is 0.218 e. The molecule has 1 unspecified atom stereocenters. The lowest BCUT2D eigenvalue weighted by Crippen LogP contribution is -2.33. The SMILES string of the molecule is CCOc1cc(N2CCC(C)(CNC)C2)ncn1. The van der Waals surface area contributed by atoms with Gasteiger partial charge < -0.3 is 15.0 Å². The standard InChI is InChI=1S/C13H22N4O/c1-4-18-12-7-11(15-10-16-12)17-6-5-13(2,9-17)8-14-3/h7,10,14H,4-6,8-9H2,1-3H3. The lowest BCUT2D eigenvalue weighted by Gasteiger charge is -2.24. The fourth-order valence-corrected chi connectivity index (χ4v) is 2.52. The fraction of sp³-hybridized carbons (Fsp3) is 0.692. The molecule has 0 bridgehead atoms. The van der Waals surface area contributed by atoms with Crippen LogP contribution in [0.25, 0.3) is 0 Å². The van der Waals surface area contributed by atoms with E-state index >= 15 is 0 Å². The maximum atomic E-state index is 5.42. The summed E-state index contributed by atoms with van der Waals surface area (Å²) in [6.07, 6.45) is 2.76. The van der Waals surface area contributed by atoms with Crippen LogP contribution < -0.4 is 15.0 Å². The van der Waals surface area contributed by atoms with Gasteiger partial charge in [0.25, 0.3) is 0 Å². The summed E-state index contributed by atoms with van der Waals surface area (Å²) in [6, 6.07) is 1.93. The van der Waals surface area contributed by atoms with E-state index in [-0.39, 0.29) is 0 Å². The Bertz CT molecular complexity index is 398. The van der Waals surface area contributed by atoms with Gasteiger partial charge in [0.2, 0.25) is 5.88 Å². The van der Waals surface area contributed by atoms with Gasteiger partial charge in [0, 0.05) is 25.7 Å². The van der Waals surface area contributed by atoms with Crippen LogP contribution in [0, 0.1) is 5.41 Å². The second kappa shape index (κ2) is 5.52. The van der Waals surface area contributed by atoms with Crippen LogP contribution >= 0.6 is 0 Å². The second-order valence-corrected chi connectivity index (χ2v) is 5.16. The number of nitrogens with one attached hydrogen (secondary N) is 1. The molecule has 1 aromatic rings. The van der Waals surface area contributed by atoms with Gasteiger partial charge in [0.05, 0.1) is 6.61 Å². The Kier molecular flexibility index (Phi) is 4.01. The zero-order valence-corrected chi connectivity index (χ0v) is 11.4. The van der Waals surface area contributed by atoms with Gasteiger partial charge >= 0.3 is 0 Å². The van der Waals surface area contributed by atoms with E-state index in [1.165, 1.54) is 6.42 Å². The normalized spacial score (nSPS) is 23.4. The molecule has 1 N–H and O–H groups in total. The van der Waals surface area contributed by atoms with Gasteiger partial charge in [-0.05, 0) is 25.8 Å². The van der Waals surface area contributed by atoms with Crippen molar-refractivity contribution in [1.82, 2.24) is 15.3 Å². The first kappa shape index (κ1) is 13.1. The van der Waals surface area contributed by atoms with Gasteiger partial charge in [-0.3, -0.25) is 0 Å². The molecule has 1 atom stereocenters. The number of rotatable bonds is 5. The quantitative estimate of drug-likeness (QED) is 0.854. The monoisotopic (exact) mass is 250 g/mol. The van der Waals surface area contributed by atoms with Gasteiger partial charge in [-0.25, -0.2) is 9.97 Å². The van der Waals surface area contributed by atoms with Crippen molar-refractivity contribution in [3.05, 3.63) is 12.4 Å². The summed E-state index contributed by atoms with van der Waals surface area (Å²) in [6.45, 7) is 8.01. The summed E-state index contributed by atoms with van der Waals surface area (Å²) in [7, 11) is 2.01. The van der Waals surface area contributed by atoms with Crippen LogP contribution in [0.15, 0.2) is 12.4 Å². The summed E-state index contributed by atoms with van der Waals surface area (Å²) in [5, 5.41) is 3.27. The largest absolute Gasteiger partial charge is 0.478 e. The molecule has 2 rings (SSSR count). The molecule has 18 heavy (non-hydrogen) atoms. The van der Waals surface area contributed by atoms with E-state index < -0.39 is 0 Å². The number of ether oxygens (including phenoxy) is 1. The van der Waals surface area contributed by atoms with Crippen LogP contribution in [0.1, 0.15) is 20.3 Å². The predicted octanol–water partition coefficient (Wildman–Crippen LogP) is 1.31. The summed E-state index contributed by atoms with van der Waals surface area (Å²) in [4.78, 5) is 10.8. The molecule has 0 radical (unpaired) electrons. The zero-order valence-electron chi connectivity index (χ0n) is 11.4. The molecule has 1 aliphatic heterocycles. The first-order valence-corrected chi connectivity index (χ1v) is 6.51. The first-order chi connectivity index (χ1) is 8.67. The molecule has 0 aliphatic carbocycles. The molecule has 5 nitrogen and oxygen atoms in total. The third-order valence-corrected chi connectivity index (χ3v) is 3.41. The number of aromatic nitrogens is 2. The average molecular weight is 250 g/mol. The van der Waals surface area contributed by atoms with E-state index in [0.29, 0.717) is 17.9 Å². The molecule has 0 spiro atoms. The third-order valence-electron chi connectivity index (χ3n) is 3.41. The van der Waals surface area contributed by atoms with Crippen molar-refractivity contribution in [2.45, 2.75) is 20.3 Å².